The largest absolute Gasteiger partial charge is 0.327 e. The molecule has 1 aromatic rings. The minimum absolute atomic E-state index is 0.467. The van der Waals surface area contributed by atoms with Gasteiger partial charge in [-0.1, -0.05) is 35.4 Å². The van der Waals surface area contributed by atoms with Crippen LogP contribution < -0.4 is 5.73 Å². The summed E-state index contributed by atoms with van der Waals surface area (Å²) < 4.78 is 0. The van der Waals surface area contributed by atoms with Crippen LogP contribution in [0.4, 0.5) is 0 Å². The van der Waals surface area contributed by atoms with E-state index in [0.717, 1.165) is 5.56 Å². The Kier molecular flexibility index (Phi) is 3.53. The zero-order valence-corrected chi connectivity index (χ0v) is 7.81. The quantitative estimate of drug-likeness (QED) is 0.801. The molecule has 0 unspecified atom stereocenters. The van der Waals surface area contributed by atoms with Crippen LogP contribution in [0.15, 0.2) is 18.5 Å². The van der Waals surface area contributed by atoms with Gasteiger partial charge in [-0.05, 0) is 0 Å². The lowest BCUT2D eigenvalue weighted by Gasteiger charge is -1.98. The first-order valence-corrected chi connectivity index (χ1v) is 4.17. The van der Waals surface area contributed by atoms with Crippen molar-refractivity contribution in [2.75, 3.05) is 6.54 Å². The van der Waals surface area contributed by atoms with Gasteiger partial charge >= 0.3 is 0 Å². The SMILES string of the molecule is NC/C=C/c1c(Cl)cncc1Cl. The van der Waals surface area contributed by atoms with Crippen LogP contribution in [0, 0.1) is 0 Å². The second-order valence-electron chi connectivity index (χ2n) is 2.15. The molecule has 0 aromatic carbocycles. The van der Waals surface area contributed by atoms with Gasteiger partial charge < -0.3 is 5.73 Å². The van der Waals surface area contributed by atoms with Gasteiger partial charge in [0.1, 0.15) is 0 Å². The van der Waals surface area contributed by atoms with Crippen molar-refractivity contribution < 1.29 is 0 Å². The van der Waals surface area contributed by atoms with Crippen molar-refractivity contribution in [1.82, 2.24) is 4.98 Å². The predicted octanol–water partition coefficient (Wildman–Crippen LogP) is 2.36. The number of halogens is 2. The molecule has 64 valence electrons. The molecule has 0 aliphatic rings. The number of pyridine rings is 1. The van der Waals surface area contributed by atoms with E-state index in [4.69, 9.17) is 28.9 Å². The average molecular weight is 203 g/mol. The minimum Gasteiger partial charge on any atom is -0.327 e. The van der Waals surface area contributed by atoms with E-state index < -0.39 is 0 Å². The van der Waals surface area contributed by atoms with Gasteiger partial charge in [-0.15, -0.1) is 0 Å². The molecule has 1 heterocycles. The third-order valence-corrected chi connectivity index (χ3v) is 1.91. The fraction of sp³-hybridized carbons (Fsp3) is 0.125. The fourth-order valence-corrected chi connectivity index (χ4v) is 1.26. The molecular formula is C8H8Cl2N2. The third kappa shape index (κ3) is 2.21. The van der Waals surface area contributed by atoms with E-state index in [1.807, 2.05) is 0 Å². The molecule has 2 nitrogen and oxygen atoms in total. The van der Waals surface area contributed by atoms with Crippen molar-refractivity contribution in [1.29, 1.82) is 0 Å². The number of aromatic nitrogens is 1. The van der Waals surface area contributed by atoms with E-state index in [9.17, 15) is 0 Å². The normalized spacial score (nSPS) is 10.9. The summed E-state index contributed by atoms with van der Waals surface area (Å²) >= 11 is 11.7. The Balaban J connectivity index is 3.04. The number of hydrogen-bond donors (Lipinski definition) is 1. The predicted molar refractivity (Wildman–Crippen MR) is 52.3 cm³/mol. The van der Waals surface area contributed by atoms with Gasteiger partial charge in [-0.25, -0.2) is 0 Å². The molecule has 0 saturated carbocycles. The first-order valence-electron chi connectivity index (χ1n) is 3.41. The second kappa shape index (κ2) is 4.45. The highest BCUT2D eigenvalue weighted by molar-refractivity contribution is 6.36. The summed E-state index contributed by atoms with van der Waals surface area (Å²) in [6.07, 6.45) is 6.66. The lowest BCUT2D eigenvalue weighted by atomic mass is 10.2. The standard InChI is InChI=1S/C8H8Cl2N2/c9-7-4-12-5-8(10)6(7)2-1-3-11/h1-2,4-5H,3,11H2/b2-1+. The van der Waals surface area contributed by atoms with E-state index in [2.05, 4.69) is 4.98 Å². The summed E-state index contributed by atoms with van der Waals surface area (Å²) in [4.78, 5) is 3.82. The van der Waals surface area contributed by atoms with Crippen molar-refractivity contribution in [3.05, 3.63) is 34.1 Å². The first kappa shape index (κ1) is 9.52. The summed E-state index contributed by atoms with van der Waals surface area (Å²) in [6.45, 7) is 0.467. The third-order valence-electron chi connectivity index (χ3n) is 1.31. The van der Waals surface area contributed by atoms with Crippen LogP contribution >= 0.6 is 23.2 Å². The van der Waals surface area contributed by atoms with Crippen LogP contribution in [-0.2, 0) is 0 Å². The van der Waals surface area contributed by atoms with Crippen LogP contribution in [0.25, 0.3) is 6.08 Å². The zero-order chi connectivity index (χ0) is 8.97. The number of nitrogens with zero attached hydrogens (tertiary/aromatic N) is 1. The van der Waals surface area contributed by atoms with Gasteiger partial charge in [-0.2, -0.15) is 0 Å². The summed E-state index contributed by atoms with van der Waals surface area (Å²) in [6, 6.07) is 0. The van der Waals surface area contributed by atoms with E-state index in [-0.39, 0.29) is 0 Å². The Morgan fingerprint density at radius 2 is 1.92 bits per heavy atom. The lowest BCUT2D eigenvalue weighted by molar-refractivity contribution is 1.26. The highest BCUT2D eigenvalue weighted by Crippen LogP contribution is 2.23. The molecule has 0 saturated heterocycles. The molecule has 1 rings (SSSR count). The summed E-state index contributed by atoms with van der Waals surface area (Å²) in [5.41, 5.74) is 6.05. The molecule has 0 radical (unpaired) electrons. The van der Waals surface area contributed by atoms with Crippen LogP contribution in [-0.4, -0.2) is 11.5 Å². The van der Waals surface area contributed by atoms with Crippen molar-refractivity contribution in [2.45, 2.75) is 0 Å². The van der Waals surface area contributed by atoms with Crippen molar-refractivity contribution in [2.24, 2.45) is 5.73 Å². The van der Waals surface area contributed by atoms with Crippen LogP contribution in [0.2, 0.25) is 10.0 Å². The molecule has 0 atom stereocenters. The fourth-order valence-electron chi connectivity index (χ4n) is 0.766. The highest BCUT2D eigenvalue weighted by atomic mass is 35.5. The Labute approximate surface area is 81.0 Å². The van der Waals surface area contributed by atoms with Gasteiger partial charge in [0, 0.05) is 24.5 Å². The highest BCUT2D eigenvalue weighted by Gasteiger charge is 2.00. The summed E-state index contributed by atoms with van der Waals surface area (Å²) in [5.74, 6) is 0. The Morgan fingerprint density at radius 1 is 1.33 bits per heavy atom. The molecule has 0 aliphatic heterocycles. The van der Waals surface area contributed by atoms with Crippen molar-refractivity contribution >= 4 is 29.3 Å². The van der Waals surface area contributed by atoms with Gasteiger partial charge in [0.25, 0.3) is 0 Å². The van der Waals surface area contributed by atoms with Crippen molar-refractivity contribution in [3.8, 4) is 0 Å². The average Bonchev–Trinajstić information content (AvgIpc) is 2.04. The Bertz CT molecular complexity index is 277. The smallest absolute Gasteiger partial charge is 0.0676 e. The van der Waals surface area contributed by atoms with E-state index in [1.54, 1.807) is 24.5 Å². The topological polar surface area (TPSA) is 38.9 Å². The molecule has 0 bridgehead atoms. The monoisotopic (exact) mass is 202 g/mol. The van der Waals surface area contributed by atoms with Gasteiger partial charge in [0.05, 0.1) is 10.0 Å². The molecule has 2 N–H and O–H groups in total. The molecule has 12 heavy (non-hydrogen) atoms. The van der Waals surface area contributed by atoms with Crippen LogP contribution in [0.1, 0.15) is 5.56 Å². The maximum Gasteiger partial charge on any atom is 0.0676 e. The van der Waals surface area contributed by atoms with E-state index >= 15 is 0 Å². The Hall–Kier alpha value is -0.570. The number of nitrogens with two attached hydrogens (primary N) is 1. The maximum absolute atomic E-state index is 5.83. The molecule has 0 fully saturated rings. The maximum atomic E-state index is 5.83. The summed E-state index contributed by atoms with van der Waals surface area (Å²) in [5, 5.41) is 1.07. The molecule has 0 amide bonds. The van der Waals surface area contributed by atoms with Gasteiger partial charge in [-0.3, -0.25) is 4.98 Å². The molecular weight excluding hydrogens is 195 g/mol. The zero-order valence-electron chi connectivity index (χ0n) is 6.30. The first-order chi connectivity index (χ1) is 5.75. The molecule has 1 aromatic heterocycles. The van der Waals surface area contributed by atoms with E-state index in [0.29, 0.717) is 16.6 Å². The second-order valence-corrected chi connectivity index (χ2v) is 2.97. The van der Waals surface area contributed by atoms with Crippen LogP contribution in [0.5, 0.6) is 0 Å². The molecule has 0 spiro atoms. The summed E-state index contributed by atoms with van der Waals surface area (Å²) in [7, 11) is 0. The molecule has 0 aliphatic carbocycles. The van der Waals surface area contributed by atoms with Gasteiger partial charge in [0.2, 0.25) is 0 Å². The van der Waals surface area contributed by atoms with Crippen LogP contribution in [0.3, 0.4) is 0 Å². The number of hydrogen-bond acceptors (Lipinski definition) is 2. The lowest BCUT2D eigenvalue weighted by Crippen LogP contribution is -1.92. The molecule has 4 heteroatoms. The van der Waals surface area contributed by atoms with Crippen molar-refractivity contribution in [3.63, 3.8) is 0 Å². The van der Waals surface area contributed by atoms with Gasteiger partial charge in [0.15, 0.2) is 0 Å². The number of rotatable bonds is 2. The Morgan fingerprint density at radius 3 is 2.42 bits per heavy atom. The van der Waals surface area contributed by atoms with E-state index in [1.165, 1.54) is 0 Å². The minimum atomic E-state index is 0.467.